The van der Waals surface area contributed by atoms with Gasteiger partial charge >= 0.3 is 0 Å². The summed E-state index contributed by atoms with van der Waals surface area (Å²) < 4.78 is 10.9. The third-order valence-electron chi connectivity index (χ3n) is 3.68. The molecule has 1 aliphatic heterocycles. The van der Waals surface area contributed by atoms with E-state index in [9.17, 15) is 0 Å². The number of ether oxygens (including phenoxy) is 2. The number of rotatable bonds is 6. The molecule has 2 rings (SSSR count). The molecule has 1 heterocycles. The van der Waals surface area contributed by atoms with E-state index in [0.29, 0.717) is 13.2 Å². The van der Waals surface area contributed by atoms with Crippen molar-refractivity contribution < 1.29 is 9.47 Å². The molecule has 1 aliphatic rings. The Morgan fingerprint density at radius 3 is 2.64 bits per heavy atom. The summed E-state index contributed by atoms with van der Waals surface area (Å²) in [7, 11) is 1.66. The summed E-state index contributed by atoms with van der Waals surface area (Å²) >= 11 is 0. The van der Waals surface area contributed by atoms with Crippen LogP contribution >= 0.6 is 0 Å². The molecule has 0 saturated carbocycles. The highest BCUT2D eigenvalue weighted by molar-refractivity contribution is 5.80. The molecular weight excluding hydrogens is 278 g/mol. The fourth-order valence-electron chi connectivity index (χ4n) is 2.61. The highest BCUT2D eigenvalue weighted by Crippen LogP contribution is 2.28. The maximum absolute atomic E-state index is 5.62. The fraction of sp³-hybridized carbons (Fsp3) is 0.588. The van der Waals surface area contributed by atoms with E-state index in [-0.39, 0.29) is 0 Å². The molecule has 0 atom stereocenters. The number of nitrogens with zero attached hydrogens (tertiary/aromatic N) is 2. The molecule has 122 valence electrons. The summed E-state index contributed by atoms with van der Waals surface area (Å²) in [5.74, 6) is 2.55. The van der Waals surface area contributed by atoms with Gasteiger partial charge in [-0.2, -0.15) is 0 Å². The topological polar surface area (TPSA) is 46.1 Å². The van der Waals surface area contributed by atoms with Gasteiger partial charge in [-0.25, -0.2) is 4.99 Å². The van der Waals surface area contributed by atoms with E-state index in [1.807, 2.05) is 25.1 Å². The molecule has 0 amide bonds. The number of guanidine groups is 1. The lowest BCUT2D eigenvalue weighted by Gasteiger charge is -2.20. The molecule has 1 aromatic rings. The first kappa shape index (κ1) is 16.5. The maximum Gasteiger partial charge on any atom is 0.194 e. The molecule has 1 aromatic carbocycles. The zero-order chi connectivity index (χ0) is 15.8. The van der Waals surface area contributed by atoms with E-state index in [0.717, 1.165) is 42.7 Å². The Labute approximate surface area is 133 Å². The second-order valence-corrected chi connectivity index (χ2v) is 5.28. The second kappa shape index (κ2) is 8.51. The first-order valence-corrected chi connectivity index (χ1v) is 8.11. The minimum Gasteiger partial charge on any atom is -0.493 e. The van der Waals surface area contributed by atoms with Crippen molar-refractivity contribution in [3.63, 3.8) is 0 Å². The Kier molecular flexibility index (Phi) is 6.37. The summed E-state index contributed by atoms with van der Waals surface area (Å²) in [6.45, 7) is 8.43. The maximum atomic E-state index is 5.62. The first-order chi connectivity index (χ1) is 10.8. The number of aliphatic imine (C=N–C) groups is 1. The van der Waals surface area contributed by atoms with Crippen molar-refractivity contribution in [1.29, 1.82) is 0 Å². The van der Waals surface area contributed by atoms with Crippen LogP contribution in [-0.2, 0) is 6.54 Å². The van der Waals surface area contributed by atoms with Crippen LogP contribution < -0.4 is 14.8 Å². The molecule has 22 heavy (non-hydrogen) atoms. The predicted molar refractivity (Wildman–Crippen MR) is 89.8 cm³/mol. The Bertz CT molecular complexity index is 497. The lowest BCUT2D eigenvalue weighted by Crippen LogP contribution is -2.39. The van der Waals surface area contributed by atoms with Gasteiger partial charge in [0.1, 0.15) is 0 Å². The van der Waals surface area contributed by atoms with Crippen molar-refractivity contribution >= 4 is 5.96 Å². The second-order valence-electron chi connectivity index (χ2n) is 5.28. The third kappa shape index (κ3) is 4.29. The van der Waals surface area contributed by atoms with Crippen LogP contribution in [0.15, 0.2) is 23.2 Å². The van der Waals surface area contributed by atoms with Crippen LogP contribution in [0.5, 0.6) is 11.5 Å². The summed E-state index contributed by atoms with van der Waals surface area (Å²) in [6.07, 6.45) is 2.50. The standard InChI is InChI=1S/C17H27N3O2/c1-4-18-17(20-10-6-7-11-20)19-13-14-8-9-15(21-3)16(12-14)22-5-2/h8-9,12H,4-7,10-11,13H2,1-3H3,(H,18,19). The van der Waals surface area contributed by atoms with Crippen molar-refractivity contribution in [2.75, 3.05) is 33.4 Å². The smallest absolute Gasteiger partial charge is 0.194 e. The largest absolute Gasteiger partial charge is 0.493 e. The van der Waals surface area contributed by atoms with Crippen LogP contribution in [0.1, 0.15) is 32.3 Å². The van der Waals surface area contributed by atoms with Crippen LogP contribution in [0, 0.1) is 0 Å². The SMILES string of the molecule is CCNC(=NCc1ccc(OC)c(OCC)c1)N1CCCC1. The van der Waals surface area contributed by atoms with Crippen molar-refractivity contribution in [1.82, 2.24) is 10.2 Å². The predicted octanol–water partition coefficient (Wildman–Crippen LogP) is 2.66. The van der Waals surface area contributed by atoms with E-state index in [4.69, 9.17) is 14.5 Å². The van der Waals surface area contributed by atoms with E-state index in [2.05, 4.69) is 17.1 Å². The highest BCUT2D eigenvalue weighted by Gasteiger charge is 2.15. The van der Waals surface area contributed by atoms with Gasteiger partial charge in [-0.15, -0.1) is 0 Å². The molecule has 1 N–H and O–H groups in total. The molecule has 0 radical (unpaired) electrons. The van der Waals surface area contributed by atoms with Gasteiger partial charge in [-0.3, -0.25) is 0 Å². The Hall–Kier alpha value is -1.91. The van der Waals surface area contributed by atoms with Gasteiger partial charge in [-0.1, -0.05) is 6.07 Å². The number of benzene rings is 1. The van der Waals surface area contributed by atoms with E-state index >= 15 is 0 Å². The Morgan fingerprint density at radius 1 is 1.23 bits per heavy atom. The molecule has 0 aliphatic carbocycles. The van der Waals surface area contributed by atoms with Gasteiger partial charge < -0.3 is 19.7 Å². The molecule has 0 unspecified atom stereocenters. The molecule has 0 spiro atoms. The fourth-order valence-corrected chi connectivity index (χ4v) is 2.61. The monoisotopic (exact) mass is 305 g/mol. The molecule has 0 bridgehead atoms. The first-order valence-electron chi connectivity index (χ1n) is 8.11. The van der Waals surface area contributed by atoms with Crippen LogP contribution in [0.25, 0.3) is 0 Å². The van der Waals surface area contributed by atoms with Crippen molar-refractivity contribution in [2.24, 2.45) is 4.99 Å². The zero-order valence-electron chi connectivity index (χ0n) is 13.9. The summed E-state index contributed by atoms with van der Waals surface area (Å²) in [5, 5.41) is 3.38. The average molecular weight is 305 g/mol. The van der Waals surface area contributed by atoms with Gasteiger partial charge in [-0.05, 0) is 44.4 Å². The number of hydrogen-bond donors (Lipinski definition) is 1. The lowest BCUT2D eigenvalue weighted by molar-refractivity contribution is 0.310. The van der Waals surface area contributed by atoms with Gasteiger partial charge in [0.25, 0.3) is 0 Å². The summed E-state index contributed by atoms with van der Waals surface area (Å²) in [4.78, 5) is 7.09. The normalized spacial score (nSPS) is 15.0. The van der Waals surface area contributed by atoms with Crippen LogP contribution in [0.2, 0.25) is 0 Å². The van der Waals surface area contributed by atoms with Gasteiger partial charge in [0.15, 0.2) is 17.5 Å². The third-order valence-corrected chi connectivity index (χ3v) is 3.68. The minimum atomic E-state index is 0.625. The van der Waals surface area contributed by atoms with E-state index in [1.54, 1.807) is 7.11 Å². The molecule has 5 heteroatoms. The van der Waals surface area contributed by atoms with Crippen molar-refractivity contribution in [3.05, 3.63) is 23.8 Å². The molecule has 5 nitrogen and oxygen atoms in total. The van der Waals surface area contributed by atoms with Gasteiger partial charge in [0, 0.05) is 19.6 Å². The van der Waals surface area contributed by atoms with Crippen molar-refractivity contribution in [2.45, 2.75) is 33.2 Å². The molecule has 1 fully saturated rings. The number of methoxy groups -OCH3 is 1. The molecule has 1 saturated heterocycles. The van der Waals surface area contributed by atoms with Gasteiger partial charge in [0.05, 0.1) is 20.3 Å². The number of likely N-dealkylation sites (tertiary alicyclic amines) is 1. The van der Waals surface area contributed by atoms with E-state index < -0.39 is 0 Å². The zero-order valence-corrected chi connectivity index (χ0v) is 13.9. The molecule has 0 aromatic heterocycles. The molecular formula is C17H27N3O2. The average Bonchev–Trinajstić information content (AvgIpc) is 3.06. The number of nitrogens with one attached hydrogen (secondary N) is 1. The lowest BCUT2D eigenvalue weighted by atomic mass is 10.2. The van der Waals surface area contributed by atoms with E-state index in [1.165, 1.54) is 12.8 Å². The van der Waals surface area contributed by atoms with Crippen LogP contribution in [-0.4, -0.2) is 44.2 Å². The summed E-state index contributed by atoms with van der Waals surface area (Å²) in [5.41, 5.74) is 1.12. The minimum absolute atomic E-state index is 0.625. The highest BCUT2D eigenvalue weighted by atomic mass is 16.5. The van der Waals surface area contributed by atoms with Crippen molar-refractivity contribution in [3.8, 4) is 11.5 Å². The summed E-state index contributed by atoms with van der Waals surface area (Å²) in [6, 6.07) is 6.00. The Morgan fingerprint density at radius 2 is 2.00 bits per heavy atom. The number of hydrogen-bond acceptors (Lipinski definition) is 3. The van der Waals surface area contributed by atoms with Crippen LogP contribution in [0.4, 0.5) is 0 Å². The Balaban J connectivity index is 2.10. The quantitative estimate of drug-likeness (QED) is 0.648. The van der Waals surface area contributed by atoms with Crippen LogP contribution in [0.3, 0.4) is 0 Å². The van der Waals surface area contributed by atoms with Gasteiger partial charge in [0.2, 0.25) is 0 Å².